The normalized spacial score (nSPS) is 16.0. The Bertz CT molecular complexity index is 488. The first-order valence-corrected chi connectivity index (χ1v) is 5.68. The third-order valence-electron chi connectivity index (χ3n) is 2.79. The van der Waals surface area contributed by atoms with Gasteiger partial charge in [-0.15, -0.1) is 0 Å². The van der Waals surface area contributed by atoms with E-state index in [1.807, 2.05) is 13.0 Å². The van der Waals surface area contributed by atoms with E-state index in [2.05, 4.69) is 0 Å². The zero-order valence-electron chi connectivity index (χ0n) is 9.77. The van der Waals surface area contributed by atoms with Crippen molar-refractivity contribution in [3.8, 4) is 6.07 Å². The lowest BCUT2D eigenvalue weighted by atomic mass is 10.2. The Morgan fingerprint density at radius 1 is 1.47 bits per heavy atom. The maximum absolute atomic E-state index is 12.0. The lowest BCUT2D eigenvalue weighted by Crippen LogP contribution is -2.28. The summed E-state index contributed by atoms with van der Waals surface area (Å²) in [5.41, 5.74) is 0.140. The van der Waals surface area contributed by atoms with Crippen LogP contribution in [-0.2, 0) is 4.79 Å². The van der Waals surface area contributed by atoms with E-state index in [1.54, 1.807) is 17.0 Å². The summed E-state index contributed by atoms with van der Waals surface area (Å²) in [6.45, 7) is 3.32. The molecule has 0 saturated carbocycles. The highest BCUT2D eigenvalue weighted by Gasteiger charge is 2.21. The molecular formula is C13H14N2O2. The Morgan fingerprint density at radius 2 is 2.18 bits per heavy atom. The molecule has 1 fully saturated rings. The number of nitrogens with zero attached hydrogens (tertiary/aromatic N) is 2. The van der Waals surface area contributed by atoms with Gasteiger partial charge in [0.15, 0.2) is 0 Å². The van der Waals surface area contributed by atoms with E-state index in [0.717, 1.165) is 31.7 Å². The predicted octanol–water partition coefficient (Wildman–Crippen LogP) is 2.12. The molecule has 1 aromatic rings. The fourth-order valence-corrected chi connectivity index (χ4v) is 1.91. The zero-order valence-corrected chi connectivity index (χ0v) is 9.77. The SMILES string of the molecule is Cc1ccc(/C=C(\C#N)C(=O)N2CCCC2)o1. The fraction of sp³-hybridized carbons (Fsp3) is 0.385. The van der Waals surface area contributed by atoms with Crippen LogP contribution in [-0.4, -0.2) is 23.9 Å². The lowest BCUT2D eigenvalue weighted by molar-refractivity contribution is -0.125. The first kappa shape index (κ1) is 11.5. The van der Waals surface area contributed by atoms with Crippen LogP contribution in [0.25, 0.3) is 6.08 Å². The maximum atomic E-state index is 12.0. The van der Waals surface area contributed by atoms with Crippen molar-refractivity contribution in [3.05, 3.63) is 29.2 Å². The molecule has 0 atom stereocenters. The number of rotatable bonds is 2. The van der Waals surface area contributed by atoms with Crippen LogP contribution < -0.4 is 0 Å². The van der Waals surface area contributed by atoms with E-state index < -0.39 is 0 Å². The molecule has 0 aromatic carbocycles. The molecule has 0 bridgehead atoms. The van der Waals surface area contributed by atoms with Crippen LogP contribution in [0.4, 0.5) is 0 Å². The number of furan rings is 1. The molecule has 1 aliphatic heterocycles. The Hall–Kier alpha value is -2.02. The van der Waals surface area contributed by atoms with Gasteiger partial charge in [-0.3, -0.25) is 4.79 Å². The molecule has 17 heavy (non-hydrogen) atoms. The molecule has 0 aliphatic carbocycles. The summed E-state index contributed by atoms with van der Waals surface area (Å²) >= 11 is 0. The van der Waals surface area contributed by atoms with E-state index >= 15 is 0 Å². The highest BCUT2D eigenvalue weighted by Crippen LogP contribution is 2.15. The molecule has 0 radical (unpaired) electrons. The van der Waals surface area contributed by atoms with Gasteiger partial charge in [-0.25, -0.2) is 0 Å². The molecule has 88 valence electrons. The standard InChI is InChI=1S/C13H14N2O2/c1-10-4-5-12(17-10)8-11(9-14)13(16)15-6-2-3-7-15/h4-5,8H,2-3,6-7H2,1H3/b11-8+. The van der Waals surface area contributed by atoms with Gasteiger partial charge in [-0.05, 0) is 31.9 Å². The molecule has 0 unspecified atom stereocenters. The summed E-state index contributed by atoms with van der Waals surface area (Å²) in [4.78, 5) is 13.7. The monoisotopic (exact) mass is 230 g/mol. The first-order valence-electron chi connectivity index (χ1n) is 5.68. The van der Waals surface area contributed by atoms with Gasteiger partial charge >= 0.3 is 0 Å². The van der Waals surface area contributed by atoms with Crippen LogP contribution >= 0.6 is 0 Å². The number of nitriles is 1. The molecular weight excluding hydrogens is 216 g/mol. The summed E-state index contributed by atoms with van der Waals surface area (Å²) in [7, 11) is 0. The van der Waals surface area contributed by atoms with E-state index in [9.17, 15) is 4.79 Å². The van der Waals surface area contributed by atoms with Crippen molar-refractivity contribution in [1.29, 1.82) is 5.26 Å². The third-order valence-corrected chi connectivity index (χ3v) is 2.79. The van der Waals surface area contributed by atoms with Crippen LogP contribution in [0.3, 0.4) is 0 Å². The van der Waals surface area contributed by atoms with Crippen LogP contribution in [0.5, 0.6) is 0 Å². The van der Waals surface area contributed by atoms with Crippen molar-refractivity contribution in [2.24, 2.45) is 0 Å². The van der Waals surface area contributed by atoms with E-state index in [4.69, 9.17) is 9.68 Å². The number of amides is 1. The van der Waals surface area contributed by atoms with Crippen molar-refractivity contribution < 1.29 is 9.21 Å². The van der Waals surface area contributed by atoms with Crippen LogP contribution in [0.2, 0.25) is 0 Å². The zero-order chi connectivity index (χ0) is 12.3. The van der Waals surface area contributed by atoms with E-state index in [1.165, 1.54) is 6.08 Å². The quantitative estimate of drug-likeness (QED) is 0.577. The highest BCUT2D eigenvalue weighted by molar-refractivity contribution is 6.01. The summed E-state index contributed by atoms with van der Waals surface area (Å²) in [6, 6.07) is 5.51. The fourth-order valence-electron chi connectivity index (χ4n) is 1.91. The second-order valence-electron chi connectivity index (χ2n) is 4.12. The summed E-state index contributed by atoms with van der Waals surface area (Å²) in [6.07, 6.45) is 3.54. The number of hydrogen-bond acceptors (Lipinski definition) is 3. The number of carbonyl (C=O) groups excluding carboxylic acids is 1. The molecule has 1 aromatic heterocycles. The van der Waals surface area contributed by atoms with Crippen molar-refractivity contribution in [2.75, 3.05) is 13.1 Å². The van der Waals surface area contributed by atoms with Crippen LogP contribution in [0.15, 0.2) is 22.1 Å². The van der Waals surface area contributed by atoms with Crippen molar-refractivity contribution >= 4 is 12.0 Å². The smallest absolute Gasteiger partial charge is 0.264 e. The van der Waals surface area contributed by atoms with E-state index in [-0.39, 0.29) is 11.5 Å². The van der Waals surface area contributed by atoms with Crippen molar-refractivity contribution in [2.45, 2.75) is 19.8 Å². The van der Waals surface area contributed by atoms with Gasteiger partial charge in [0.25, 0.3) is 5.91 Å². The minimum atomic E-state index is -0.195. The lowest BCUT2D eigenvalue weighted by Gasteiger charge is -2.13. The molecule has 1 saturated heterocycles. The second kappa shape index (κ2) is 4.88. The second-order valence-corrected chi connectivity index (χ2v) is 4.12. The Labute approximate surface area is 100 Å². The Kier molecular flexibility index (Phi) is 3.29. The van der Waals surface area contributed by atoms with E-state index in [0.29, 0.717) is 5.76 Å². The average Bonchev–Trinajstić information content (AvgIpc) is 2.96. The van der Waals surface area contributed by atoms with Crippen LogP contribution in [0.1, 0.15) is 24.4 Å². The van der Waals surface area contributed by atoms with Crippen molar-refractivity contribution in [3.63, 3.8) is 0 Å². The first-order chi connectivity index (χ1) is 8.20. The van der Waals surface area contributed by atoms with Gasteiger partial charge in [0.05, 0.1) is 0 Å². The van der Waals surface area contributed by atoms with Crippen LogP contribution in [0, 0.1) is 18.3 Å². The van der Waals surface area contributed by atoms with Gasteiger partial charge in [0.1, 0.15) is 23.2 Å². The summed E-state index contributed by atoms with van der Waals surface area (Å²) in [5.74, 6) is 1.12. The summed E-state index contributed by atoms with van der Waals surface area (Å²) < 4.78 is 5.33. The minimum Gasteiger partial charge on any atom is -0.462 e. The highest BCUT2D eigenvalue weighted by atomic mass is 16.3. The van der Waals surface area contributed by atoms with Gasteiger partial charge < -0.3 is 9.32 Å². The molecule has 1 amide bonds. The number of aryl methyl sites for hydroxylation is 1. The summed E-state index contributed by atoms with van der Waals surface area (Å²) in [5, 5.41) is 9.02. The minimum absolute atomic E-state index is 0.140. The number of carbonyl (C=O) groups is 1. The van der Waals surface area contributed by atoms with Gasteiger partial charge in [-0.2, -0.15) is 5.26 Å². The molecule has 2 heterocycles. The Balaban J connectivity index is 2.18. The molecule has 4 nitrogen and oxygen atoms in total. The topological polar surface area (TPSA) is 57.2 Å². The largest absolute Gasteiger partial charge is 0.462 e. The number of likely N-dealkylation sites (tertiary alicyclic amines) is 1. The maximum Gasteiger partial charge on any atom is 0.264 e. The average molecular weight is 230 g/mol. The third kappa shape index (κ3) is 2.56. The Morgan fingerprint density at radius 3 is 2.71 bits per heavy atom. The van der Waals surface area contributed by atoms with Gasteiger partial charge in [0, 0.05) is 19.2 Å². The molecule has 4 heteroatoms. The molecule has 1 aliphatic rings. The number of hydrogen-bond donors (Lipinski definition) is 0. The molecule has 0 N–H and O–H groups in total. The van der Waals surface area contributed by atoms with Crippen molar-refractivity contribution in [1.82, 2.24) is 4.90 Å². The predicted molar refractivity (Wildman–Crippen MR) is 62.8 cm³/mol. The molecule has 2 rings (SSSR count). The van der Waals surface area contributed by atoms with Gasteiger partial charge in [-0.1, -0.05) is 0 Å². The van der Waals surface area contributed by atoms with Gasteiger partial charge in [0.2, 0.25) is 0 Å². The molecule has 0 spiro atoms.